The van der Waals surface area contributed by atoms with Gasteiger partial charge in [-0.25, -0.2) is 4.68 Å². The molecule has 0 bridgehead atoms. The SMILES string of the molecule is Nc1nc(Br)n(CCC2CC2)n1. The molecule has 2 rings (SSSR count). The molecule has 1 aliphatic carbocycles. The van der Waals surface area contributed by atoms with Crippen LogP contribution in [0.3, 0.4) is 0 Å². The van der Waals surface area contributed by atoms with Crippen LogP contribution in [-0.2, 0) is 6.54 Å². The normalized spacial score (nSPS) is 16.8. The number of nitrogens with zero attached hydrogens (tertiary/aromatic N) is 3. The van der Waals surface area contributed by atoms with Crippen molar-refractivity contribution in [1.82, 2.24) is 14.8 Å². The van der Waals surface area contributed by atoms with Crippen LogP contribution in [0, 0.1) is 5.92 Å². The Hall–Kier alpha value is -0.580. The van der Waals surface area contributed by atoms with E-state index in [9.17, 15) is 0 Å². The quantitative estimate of drug-likeness (QED) is 0.855. The Labute approximate surface area is 79.3 Å². The fourth-order valence-corrected chi connectivity index (χ4v) is 1.63. The van der Waals surface area contributed by atoms with Crippen LogP contribution in [0.25, 0.3) is 0 Å². The van der Waals surface area contributed by atoms with Gasteiger partial charge in [-0.2, -0.15) is 4.98 Å². The first-order chi connectivity index (χ1) is 5.75. The summed E-state index contributed by atoms with van der Waals surface area (Å²) in [6.07, 6.45) is 3.95. The Kier molecular flexibility index (Phi) is 2.04. The third-order valence-corrected chi connectivity index (χ3v) is 2.68. The monoisotopic (exact) mass is 230 g/mol. The summed E-state index contributed by atoms with van der Waals surface area (Å²) in [6.45, 7) is 0.926. The summed E-state index contributed by atoms with van der Waals surface area (Å²) in [5, 5.41) is 4.05. The molecule has 1 aromatic rings. The second-order valence-electron chi connectivity index (χ2n) is 3.19. The number of halogens is 1. The third kappa shape index (κ3) is 1.77. The first-order valence-electron chi connectivity index (χ1n) is 4.11. The van der Waals surface area contributed by atoms with E-state index in [0.717, 1.165) is 17.2 Å². The lowest BCUT2D eigenvalue weighted by Crippen LogP contribution is -2.01. The standard InChI is InChI=1S/C7H11BrN4/c8-6-10-7(9)11-12(6)4-3-5-1-2-5/h5H,1-4H2,(H2,9,11). The first kappa shape index (κ1) is 8.04. The molecule has 0 unspecified atom stereocenters. The van der Waals surface area contributed by atoms with E-state index in [2.05, 4.69) is 26.0 Å². The smallest absolute Gasteiger partial charge is 0.240 e. The van der Waals surface area contributed by atoms with Crippen LogP contribution in [0.15, 0.2) is 4.73 Å². The van der Waals surface area contributed by atoms with Gasteiger partial charge in [-0.15, -0.1) is 5.10 Å². The van der Waals surface area contributed by atoms with Crippen molar-refractivity contribution in [3.63, 3.8) is 0 Å². The van der Waals surface area contributed by atoms with Gasteiger partial charge in [0.05, 0.1) is 0 Å². The van der Waals surface area contributed by atoms with Crippen LogP contribution in [0.5, 0.6) is 0 Å². The minimum absolute atomic E-state index is 0.345. The highest BCUT2D eigenvalue weighted by atomic mass is 79.9. The second kappa shape index (κ2) is 3.05. The van der Waals surface area contributed by atoms with Gasteiger partial charge in [0, 0.05) is 6.54 Å². The summed E-state index contributed by atoms with van der Waals surface area (Å²) in [5.41, 5.74) is 5.43. The van der Waals surface area contributed by atoms with Crippen LogP contribution >= 0.6 is 15.9 Å². The summed E-state index contributed by atoms with van der Waals surface area (Å²) in [7, 11) is 0. The van der Waals surface area contributed by atoms with Gasteiger partial charge < -0.3 is 5.73 Å². The van der Waals surface area contributed by atoms with E-state index in [4.69, 9.17) is 5.73 Å². The van der Waals surface area contributed by atoms with Gasteiger partial charge in [0.15, 0.2) is 4.73 Å². The van der Waals surface area contributed by atoms with E-state index in [1.54, 1.807) is 0 Å². The van der Waals surface area contributed by atoms with Crippen LogP contribution < -0.4 is 5.73 Å². The minimum atomic E-state index is 0.345. The van der Waals surface area contributed by atoms with Gasteiger partial charge in [-0.05, 0) is 28.3 Å². The number of nitrogen functional groups attached to an aromatic ring is 1. The van der Waals surface area contributed by atoms with Crippen molar-refractivity contribution < 1.29 is 0 Å². The van der Waals surface area contributed by atoms with E-state index < -0.39 is 0 Å². The maximum absolute atomic E-state index is 5.43. The molecule has 1 aromatic heterocycles. The van der Waals surface area contributed by atoms with Crippen molar-refractivity contribution in [2.45, 2.75) is 25.8 Å². The number of nitrogens with two attached hydrogens (primary N) is 1. The molecule has 0 saturated heterocycles. The van der Waals surface area contributed by atoms with Gasteiger partial charge in [-0.1, -0.05) is 12.8 Å². The number of anilines is 1. The highest BCUT2D eigenvalue weighted by Crippen LogP contribution is 2.32. The summed E-state index contributed by atoms with van der Waals surface area (Å²) >= 11 is 3.30. The van der Waals surface area contributed by atoms with Crippen molar-refractivity contribution >= 4 is 21.9 Å². The molecule has 12 heavy (non-hydrogen) atoms. The van der Waals surface area contributed by atoms with Gasteiger partial charge in [0.25, 0.3) is 0 Å². The minimum Gasteiger partial charge on any atom is -0.366 e. The maximum atomic E-state index is 5.43. The molecular formula is C7H11BrN4. The van der Waals surface area contributed by atoms with Crippen molar-refractivity contribution in [2.24, 2.45) is 5.92 Å². The molecule has 0 amide bonds. The Morgan fingerprint density at radius 2 is 2.33 bits per heavy atom. The summed E-state index contributed by atoms with van der Waals surface area (Å²) in [5.74, 6) is 1.26. The van der Waals surface area contributed by atoms with Gasteiger partial charge in [0.1, 0.15) is 0 Å². The molecule has 1 saturated carbocycles. The molecular weight excluding hydrogens is 220 g/mol. The van der Waals surface area contributed by atoms with Crippen LogP contribution in [0.4, 0.5) is 5.95 Å². The lowest BCUT2D eigenvalue weighted by atomic mass is 10.3. The molecule has 0 aliphatic heterocycles. The molecule has 66 valence electrons. The molecule has 0 aromatic carbocycles. The number of hydrogen-bond acceptors (Lipinski definition) is 3. The number of hydrogen-bond donors (Lipinski definition) is 1. The highest BCUT2D eigenvalue weighted by Gasteiger charge is 2.21. The highest BCUT2D eigenvalue weighted by molar-refractivity contribution is 9.10. The zero-order valence-corrected chi connectivity index (χ0v) is 8.29. The zero-order chi connectivity index (χ0) is 8.55. The van der Waals surface area contributed by atoms with Crippen LogP contribution in [0.1, 0.15) is 19.3 Å². The van der Waals surface area contributed by atoms with E-state index in [-0.39, 0.29) is 0 Å². The Balaban J connectivity index is 1.96. The molecule has 0 spiro atoms. The van der Waals surface area contributed by atoms with Gasteiger partial charge in [-0.3, -0.25) is 0 Å². The van der Waals surface area contributed by atoms with E-state index >= 15 is 0 Å². The summed E-state index contributed by atoms with van der Waals surface area (Å²) in [6, 6.07) is 0. The Morgan fingerprint density at radius 1 is 1.58 bits per heavy atom. The van der Waals surface area contributed by atoms with E-state index in [1.165, 1.54) is 19.3 Å². The van der Waals surface area contributed by atoms with Crippen molar-refractivity contribution in [1.29, 1.82) is 0 Å². The molecule has 0 atom stereocenters. The molecule has 4 nitrogen and oxygen atoms in total. The van der Waals surface area contributed by atoms with Crippen molar-refractivity contribution in [3.05, 3.63) is 4.73 Å². The predicted octanol–water partition coefficient (Wildman–Crippen LogP) is 1.42. The molecule has 0 radical (unpaired) electrons. The Bertz CT molecular complexity index is 279. The largest absolute Gasteiger partial charge is 0.366 e. The number of rotatable bonds is 3. The topological polar surface area (TPSA) is 56.7 Å². The van der Waals surface area contributed by atoms with Gasteiger partial charge >= 0.3 is 0 Å². The van der Waals surface area contributed by atoms with Crippen molar-refractivity contribution in [2.75, 3.05) is 5.73 Å². The van der Waals surface area contributed by atoms with E-state index in [1.807, 2.05) is 4.68 Å². The fourth-order valence-electron chi connectivity index (χ4n) is 1.19. The van der Waals surface area contributed by atoms with Crippen LogP contribution in [0.2, 0.25) is 0 Å². The molecule has 5 heteroatoms. The zero-order valence-electron chi connectivity index (χ0n) is 6.70. The van der Waals surface area contributed by atoms with Crippen molar-refractivity contribution in [3.8, 4) is 0 Å². The molecule has 1 aliphatic rings. The number of aromatic nitrogens is 3. The number of aryl methyl sites for hydroxylation is 1. The lowest BCUT2D eigenvalue weighted by molar-refractivity contribution is 0.537. The average Bonchev–Trinajstić information content (AvgIpc) is 2.76. The molecule has 1 fully saturated rings. The first-order valence-corrected chi connectivity index (χ1v) is 4.91. The summed E-state index contributed by atoms with van der Waals surface area (Å²) in [4.78, 5) is 3.96. The Morgan fingerprint density at radius 3 is 2.83 bits per heavy atom. The fraction of sp³-hybridized carbons (Fsp3) is 0.714. The lowest BCUT2D eigenvalue weighted by Gasteiger charge is -1.98. The molecule has 1 heterocycles. The van der Waals surface area contributed by atoms with Crippen LogP contribution in [-0.4, -0.2) is 14.8 Å². The average molecular weight is 231 g/mol. The third-order valence-electron chi connectivity index (χ3n) is 2.09. The predicted molar refractivity (Wildman–Crippen MR) is 49.5 cm³/mol. The maximum Gasteiger partial charge on any atom is 0.240 e. The molecule has 2 N–H and O–H groups in total. The summed E-state index contributed by atoms with van der Waals surface area (Å²) < 4.78 is 2.55. The second-order valence-corrected chi connectivity index (χ2v) is 3.90. The van der Waals surface area contributed by atoms with E-state index in [0.29, 0.717) is 5.95 Å². The van der Waals surface area contributed by atoms with Gasteiger partial charge in [0.2, 0.25) is 5.95 Å².